The molecule has 2 rings (SSSR count). The lowest BCUT2D eigenvalue weighted by Gasteiger charge is -2.13. The van der Waals surface area contributed by atoms with Crippen LogP contribution in [0.5, 0.6) is 0 Å². The predicted molar refractivity (Wildman–Crippen MR) is 58.8 cm³/mol. The van der Waals surface area contributed by atoms with Gasteiger partial charge in [0.05, 0.1) is 17.6 Å². The van der Waals surface area contributed by atoms with Gasteiger partial charge in [-0.05, 0) is 31.0 Å². The SMILES string of the molecule is O=C(Nc1cccc(C(F)(F)F)c1)C1(CO)CC1. The van der Waals surface area contributed by atoms with Gasteiger partial charge in [0.1, 0.15) is 0 Å². The van der Waals surface area contributed by atoms with Gasteiger partial charge in [-0.15, -0.1) is 0 Å². The minimum Gasteiger partial charge on any atom is -0.395 e. The van der Waals surface area contributed by atoms with Crippen LogP contribution in [0.2, 0.25) is 0 Å². The van der Waals surface area contributed by atoms with Gasteiger partial charge >= 0.3 is 6.18 Å². The summed E-state index contributed by atoms with van der Waals surface area (Å²) < 4.78 is 37.4. The van der Waals surface area contributed by atoms with Crippen molar-refractivity contribution in [2.24, 2.45) is 5.41 Å². The Bertz CT molecular complexity index is 467. The van der Waals surface area contributed by atoms with Gasteiger partial charge in [-0.2, -0.15) is 13.2 Å². The third-order valence-corrected chi connectivity index (χ3v) is 3.09. The summed E-state index contributed by atoms with van der Waals surface area (Å²) in [6.45, 7) is -0.280. The molecule has 1 aliphatic rings. The lowest BCUT2D eigenvalue weighted by molar-refractivity contribution is -0.137. The van der Waals surface area contributed by atoms with Crippen LogP contribution in [0.1, 0.15) is 18.4 Å². The summed E-state index contributed by atoms with van der Waals surface area (Å²) in [5.74, 6) is -0.427. The molecule has 0 heterocycles. The van der Waals surface area contributed by atoms with Crippen molar-refractivity contribution >= 4 is 11.6 Å². The number of rotatable bonds is 3. The molecule has 0 unspecified atom stereocenters. The molecule has 2 N–H and O–H groups in total. The van der Waals surface area contributed by atoms with E-state index in [0.717, 1.165) is 12.1 Å². The number of nitrogens with one attached hydrogen (secondary N) is 1. The molecular formula is C12H12F3NO2. The molecule has 18 heavy (non-hydrogen) atoms. The van der Waals surface area contributed by atoms with Crippen LogP contribution in [0, 0.1) is 5.41 Å². The molecule has 6 heteroatoms. The number of amides is 1. The van der Waals surface area contributed by atoms with Crippen molar-refractivity contribution in [3.63, 3.8) is 0 Å². The number of aliphatic hydroxyl groups is 1. The minimum absolute atomic E-state index is 0.0922. The number of carbonyl (C=O) groups excluding carboxylic acids is 1. The van der Waals surface area contributed by atoms with Crippen LogP contribution in [0.25, 0.3) is 0 Å². The Morgan fingerprint density at radius 2 is 2.06 bits per heavy atom. The van der Waals surface area contributed by atoms with Crippen LogP contribution >= 0.6 is 0 Å². The quantitative estimate of drug-likeness (QED) is 0.875. The van der Waals surface area contributed by atoms with Gasteiger partial charge in [0.15, 0.2) is 0 Å². The third kappa shape index (κ3) is 2.48. The smallest absolute Gasteiger partial charge is 0.395 e. The molecule has 0 bridgehead atoms. The highest BCUT2D eigenvalue weighted by Gasteiger charge is 2.49. The average Bonchev–Trinajstić information content (AvgIpc) is 3.09. The van der Waals surface area contributed by atoms with Crippen LogP contribution in [0.15, 0.2) is 24.3 Å². The summed E-state index contributed by atoms with van der Waals surface area (Å²) in [7, 11) is 0. The Hall–Kier alpha value is -1.56. The second-order valence-electron chi connectivity index (χ2n) is 4.47. The molecule has 98 valence electrons. The van der Waals surface area contributed by atoms with E-state index >= 15 is 0 Å². The first kappa shape index (κ1) is 12.9. The zero-order chi connectivity index (χ0) is 13.4. The fourth-order valence-electron chi connectivity index (χ4n) is 1.64. The van der Waals surface area contributed by atoms with Crippen LogP contribution in [-0.2, 0) is 11.0 Å². The van der Waals surface area contributed by atoms with Crippen molar-refractivity contribution in [2.45, 2.75) is 19.0 Å². The van der Waals surface area contributed by atoms with E-state index in [1.165, 1.54) is 12.1 Å². The Labute approximate surface area is 102 Å². The van der Waals surface area contributed by atoms with Gasteiger partial charge in [-0.25, -0.2) is 0 Å². The molecular weight excluding hydrogens is 247 g/mol. The van der Waals surface area contributed by atoms with Gasteiger partial charge in [0, 0.05) is 5.69 Å². The van der Waals surface area contributed by atoms with Crippen LogP contribution < -0.4 is 5.32 Å². The van der Waals surface area contributed by atoms with Crippen molar-refractivity contribution in [3.8, 4) is 0 Å². The number of hydrogen-bond acceptors (Lipinski definition) is 2. The standard InChI is InChI=1S/C12H12F3NO2/c13-12(14,15)8-2-1-3-9(6-8)16-10(18)11(7-17)4-5-11/h1-3,6,17H,4-5,7H2,(H,16,18). The summed E-state index contributed by atoms with van der Waals surface area (Å²) in [5, 5.41) is 11.5. The molecule has 1 aliphatic carbocycles. The van der Waals surface area contributed by atoms with Crippen LogP contribution in [0.4, 0.5) is 18.9 Å². The lowest BCUT2D eigenvalue weighted by Crippen LogP contribution is -2.27. The summed E-state index contributed by atoms with van der Waals surface area (Å²) in [6, 6.07) is 4.44. The van der Waals surface area contributed by atoms with E-state index < -0.39 is 23.1 Å². The highest BCUT2D eigenvalue weighted by atomic mass is 19.4. The number of anilines is 1. The zero-order valence-electron chi connectivity index (χ0n) is 9.42. The van der Waals surface area contributed by atoms with E-state index in [9.17, 15) is 18.0 Å². The molecule has 1 aromatic rings. The topological polar surface area (TPSA) is 49.3 Å². The van der Waals surface area contributed by atoms with Crippen molar-refractivity contribution < 1.29 is 23.1 Å². The van der Waals surface area contributed by atoms with Gasteiger partial charge < -0.3 is 10.4 Å². The van der Waals surface area contributed by atoms with E-state index in [2.05, 4.69) is 5.32 Å². The number of benzene rings is 1. The van der Waals surface area contributed by atoms with Crippen molar-refractivity contribution in [3.05, 3.63) is 29.8 Å². The van der Waals surface area contributed by atoms with Gasteiger partial charge in [-0.1, -0.05) is 6.07 Å². The molecule has 0 aliphatic heterocycles. The molecule has 0 saturated heterocycles. The number of carbonyl (C=O) groups is 1. The average molecular weight is 259 g/mol. The fraction of sp³-hybridized carbons (Fsp3) is 0.417. The minimum atomic E-state index is -4.44. The Kier molecular flexibility index (Phi) is 3.06. The number of hydrogen-bond donors (Lipinski definition) is 2. The summed E-state index contributed by atoms with van der Waals surface area (Å²) in [6.07, 6.45) is -3.31. The van der Waals surface area contributed by atoms with E-state index in [4.69, 9.17) is 5.11 Å². The van der Waals surface area contributed by atoms with Gasteiger partial charge in [0.25, 0.3) is 0 Å². The first-order valence-electron chi connectivity index (χ1n) is 5.47. The first-order chi connectivity index (χ1) is 8.37. The van der Waals surface area contributed by atoms with E-state index in [1.54, 1.807) is 0 Å². The number of alkyl halides is 3. The monoisotopic (exact) mass is 259 g/mol. The number of halogens is 3. The molecule has 0 aromatic heterocycles. The maximum absolute atomic E-state index is 12.5. The van der Waals surface area contributed by atoms with Gasteiger partial charge in [0.2, 0.25) is 5.91 Å². The van der Waals surface area contributed by atoms with Crippen LogP contribution in [0.3, 0.4) is 0 Å². The van der Waals surface area contributed by atoms with Crippen LogP contribution in [-0.4, -0.2) is 17.6 Å². The normalized spacial score (nSPS) is 17.3. The molecule has 1 amide bonds. The molecule has 0 radical (unpaired) electrons. The Morgan fingerprint density at radius 3 is 2.56 bits per heavy atom. The Balaban J connectivity index is 2.13. The van der Waals surface area contributed by atoms with Gasteiger partial charge in [-0.3, -0.25) is 4.79 Å². The molecule has 0 atom stereocenters. The summed E-state index contributed by atoms with van der Waals surface area (Å²) in [5.41, 5.74) is -1.52. The second kappa shape index (κ2) is 4.28. The highest BCUT2D eigenvalue weighted by molar-refractivity contribution is 5.97. The molecule has 0 spiro atoms. The highest BCUT2D eigenvalue weighted by Crippen LogP contribution is 2.46. The molecule has 1 saturated carbocycles. The second-order valence-corrected chi connectivity index (χ2v) is 4.47. The van der Waals surface area contributed by atoms with Crippen molar-refractivity contribution in [1.82, 2.24) is 0 Å². The molecule has 3 nitrogen and oxygen atoms in total. The van der Waals surface area contributed by atoms with Crippen molar-refractivity contribution in [2.75, 3.05) is 11.9 Å². The fourth-order valence-corrected chi connectivity index (χ4v) is 1.64. The third-order valence-electron chi connectivity index (χ3n) is 3.09. The Morgan fingerprint density at radius 1 is 1.39 bits per heavy atom. The summed E-state index contributed by atoms with van der Waals surface area (Å²) >= 11 is 0. The zero-order valence-corrected chi connectivity index (χ0v) is 9.42. The first-order valence-corrected chi connectivity index (χ1v) is 5.47. The van der Waals surface area contributed by atoms with Crippen molar-refractivity contribution in [1.29, 1.82) is 0 Å². The maximum atomic E-state index is 12.5. The summed E-state index contributed by atoms with van der Waals surface area (Å²) in [4.78, 5) is 11.7. The maximum Gasteiger partial charge on any atom is 0.416 e. The number of aliphatic hydroxyl groups excluding tert-OH is 1. The van der Waals surface area contributed by atoms with E-state index in [-0.39, 0.29) is 12.3 Å². The molecule has 1 fully saturated rings. The van der Waals surface area contributed by atoms with E-state index in [1.807, 2.05) is 0 Å². The van der Waals surface area contributed by atoms with E-state index in [0.29, 0.717) is 12.8 Å². The lowest BCUT2D eigenvalue weighted by atomic mass is 10.1. The predicted octanol–water partition coefficient (Wildman–Crippen LogP) is 2.42. The molecule has 1 aromatic carbocycles. The largest absolute Gasteiger partial charge is 0.416 e.